The van der Waals surface area contributed by atoms with Crippen LogP contribution in [0.15, 0.2) is 36.4 Å². The molecule has 2 unspecified atom stereocenters. The Morgan fingerprint density at radius 1 is 0.844 bits per heavy atom. The zero-order valence-electron chi connectivity index (χ0n) is 27.6. The number of nitrogens with one attached hydrogen (secondary N) is 4. The van der Waals surface area contributed by atoms with Crippen molar-refractivity contribution < 1.29 is 14.3 Å². The summed E-state index contributed by atoms with van der Waals surface area (Å²) in [4.78, 5) is 31.3. The number of hydrogen-bond acceptors (Lipinski definition) is 6. The van der Waals surface area contributed by atoms with Crippen LogP contribution >= 0.6 is 0 Å². The fraction of sp³-hybridized carbons (Fsp3) is 0.541. The summed E-state index contributed by atoms with van der Waals surface area (Å²) in [6, 6.07) is 12.9. The monoisotopic (exact) mass is 609 g/mol. The van der Waals surface area contributed by atoms with Gasteiger partial charge in [0, 0.05) is 22.9 Å². The van der Waals surface area contributed by atoms with E-state index in [9.17, 15) is 9.59 Å². The fourth-order valence-electron chi connectivity index (χ4n) is 8.16. The highest BCUT2D eigenvalue weighted by molar-refractivity contribution is 5.92. The summed E-state index contributed by atoms with van der Waals surface area (Å²) in [6.45, 7) is 18.5. The van der Waals surface area contributed by atoms with Gasteiger partial charge in [0.2, 0.25) is 11.8 Å². The van der Waals surface area contributed by atoms with Gasteiger partial charge in [-0.05, 0) is 138 Å². The van der Waals surface area contributed by atoms with Crippen LogP contribution in [0.3, 0.4) is 0 Å². The van der Waals surface area contributed by atoms with Gasteiger partial charge < -0.3 is 26.0 Å². The highest BCUT2D eigenvalue weighted by atomic mass is 16.5. The Hall–Kier alpha value is -3.49. The maximum Gasteiger partial charge on any atom is 0.224 e. The molecule has 2 saturated carbocycles. The van der Waals surface area contributed by atoms with E-state index in [1.54, 1.807) is 0 Å². The Labute approximate surface area is 266 Å². The van der Waals surface area contributed by atoms with Crippen LogP contribution in [0, 0.1) is 56.3 Å². The number of aromatic nitrogens is 1. The summed E-state index contributed by atoms with van der Waals surface area (Å²) in [5.74, 6) is 3.28. The molecule has 4 N–H and O–H groups in total. The van der Waals surface area contributed by atoms with Gasteiger partial charge >= 0.3 is 0 Å². The van der Waals surface area contributed by atoms with Gasteiger partial charge in [0.25, 0.3) is 0 Å². The Morgan fingerprint density at radius 2 is 1.44 bits per heavy atom. The Kier molecular flexibility index (Phi) is 7.24. The molecule has 3 heterocycles. The molecule has 6 atom stereocenters. The second-order valence-electron chi connectivity index (χ2n) is 15.2. The molecular weight excluding hydrogens is 562 g/mol. The molecular formula is C37H47N5O3. The Balaban J connectivity index is 1.13. The molecule has 2 aromatic carbocycles. The zero-order chi connectivity index (χ0) is 31.8. The van der Waals surface area contributed by atoms with E-state index in [1.807, 2.05) is 20.8 Å². The van der Waals surface area contributed by atoms with E-state index in [0.717, 1.165) is 76.3 Å². The molecule has 0 bridgehead atoms. The van der Waals surface area contributed by atoms with Crippen molar-refractivity contribution in [3.63, 3.8) is 0 Å². The maximum atomic E-state index is 13.3. The van der Waals surface area contributed by atoms with Crippen LogP contribution in [0.5, 0.6) is 5.75 Å². The van der Waals surface area contributed by atoms with Crippen LogP contribution in [0.2, 0.25) is 0 Å². The number of fused-ring (bicyclic) bond motifs is 3. The first kappa shape index (κ1) is 30.2. The van der Waals surface area contributed by atoms with E-state index in [4.69, 9.17) is 9.72 Å². The topological polar surface area (TPSA) is 104 Å². The average molecular weight is 610 g/mol. The van der Waals surface area contributed by atoms with Gasteiger partial charge in [-0.3, -0.25) is 14.6 Å². The Morgan fingerprint density at radius 3 is 2.07 bits per heavy atom. The predicted molar refractivity (Wildman–Crippen MR) is 177 cm³/mol. The summed E-state index contributed by atoms with van der Waals surface area (Å²) in [6.07, 6.45) is 0. The van der Waals surface area contributed by atoms with Crippen molar-refractivity contribution in [1.29, 1.82) is 0 Å². The van der Waals surface area contributed by atoms with Crippen LogP contribution in [-0.4, -0.2) is 55.1 Å². The van der Waals surface area contributed by atoms with Crippen molar-refractivity contribution in [2.45, 2.75) is 59.5 Å². The quantitative estimate of drug-likeness (QED) is 0.287. The normalized spacial score (nSPS) is 26.7. The van der Waals surface area contributed by atoms with Gasteiger partial charge in [0.1, 0.15) is 12.4 Å². The van der Waals surface area contributed by atoms with Crippen molar-refractivity contribution in [3.8, 4) is 16.9 Å². The molecule has 0 spiro atoms. The number of ether oxygens (including phenoxy) is 1. The molecule has 2 amide bonds. The SMILES string of the molecule is Cc1cc2ccc(-c3ccc(C)c(OCC(C)(C)NC(=O)C4[C@H]5CNC[C@@H]45)c3C)cc2c(C(C)(C)NC(=O)C2[C@H]3CNC[C@@H]23)n1. The van der Waals surface area contributed by atoms with Gasteiger partial charge in [-0.15, -0.1) is 0 Å². The van der Waals surface area contributed by atoms with E-state index < -0.39 is 11.1 Å². The van der Waals surface area contributed by atoms with Crippen LogP contribution in [0.4, 0.5) is 0 Å². The lowest BCUT2D eigenvalue weighted by Crippen LogP contribution is -2.49. The van der Waals surface area contributed by atoms with Crippen molar-refractivity contribution in [3.05, 3.63) is 58.9 Å². The molecule has 4 aliphatic rings. The number of piperidine rings is 2. The third-order valence-electron chi connectivity index (χ3n) is 10.7. The number of pyridine rings is 1. The lowest BCUT2D eigenvalue weighted by Gasteiger charge is -2.29. The fourth-order valence-corrected chi connectivity index (χ4v) is 8.16. The molecule has 45 heavy (non-hydrogen) atoms. The minimum atomic E-state index is -0.632. The molecule has 2 saturated heterocycles. The molecule has 238 valence electrons. The average Bonchev–Trinajstić information content (AvgIpc) is 3.68. The summed E-state index contributed by atoms with van der Waals surface area (Å²) in [5, 5.41) is 15.5. The van der Waals surface area contributed by atoms with E-state index >= 15 is 0 Å². The molecule has 2 aliphatic heterocycles. The molecule has 7 rings (SSSR count). The number of hydrogen-bond donors (Lipinski definition) is 4. The molecule has 2 aliphatic carbocycles. The lowest BCUT2D eigenvalue weighted by atomic mass is 9.90. The number of aryl methyl sites for hydroxylation is 2. The highest BCUT2D eigenvalue weighted by Crippen LogP contribution is 2.50. The third-order valence-corrected chi connectivity index (χ3v) is 10.7. The number of benzene rings is 2. The first-order chi connectivity index (χ1) is 21.3. The van der Waals surface area contributed by atoms with Crippen LogP contribution in [0.25, 0.3) is 21.9 Å². The van der Waals surface area contributed by atoms with E-state index in [2.05, 4.69) is 85.4 Å². The van der Waals surface area contributed by atoms with Gasteiger partial charge in [-0.1, -0.05) is 24.3 Å². The van der Waals surface area contributed by atoms with Crippen molar-refractivity contribution in [2.75, 3.05) is 32.8 Å². The number of amides is 2. The van der Waals surface area contributed by atoms with E-state index in [1.165, 1.54) is 0 Å². The summed E-state index contributed by atoms with van der Waals surface area (Å²) < 4.78 is 6.48. The van der Waals surface area contributed by atoms with E-state index in [-0.39, 0.29) is 23.7 Å². The minimum Gasteiger partial charge on any atom is -0.491 e. The van der Waals surface area contributed by atoms with Crippen LogP contribution in [0.1, 0.15) is 50.2 Å². The second kappa shape index (κ2) is 10.8. The highest BCUT2D eigenvalue weighted by Gasteiger charge is 2.58. The molecule has 3 aromatic rings. The zero-order valence-corrected chi connectivity index (χ0v) is 27.6. The molecule has 1 aromatic heterocycles. The smallest absolute Gasteiger partial charge is 0.224 e. The lowest BCUT2D eigenvalue weighted by molar-refractivity contribution is -0.125. The standard InChI is InChI=1S/C37H47N5O3/c1-19-8-11-24(21(3)32(19)45-18-36(4,5)41-34(43)30-26-14-38-15-27(26)30)23-10-9-22-12-20(2)40-33(25(22)13-23)37(6,7)42-35(44)31-28-16-39-17-29(28)31/h8-13,26-31,38-39H,14-18H2,1-7H3,(H,41,43)(H,42,44)/t26-,27+,28-,29+,30?,31?. The maximum absolute atomic E-state index is 13.3. The number of carbonyl (C=O) groups is 2. The first-order valence-electron chi connectivity index (χ1n) is 16.6. The summed E-state index contributed by atoms with van der Waals surface area (Å²) in [5.41, 5.74) is 4.96. The predicted octanol–water partition coefficient (Wildman–Crippen LogP) is 4.38. The van der Waals surface area contributed by atoms with Gasteiger partial charge in [-0.2, -0.15) is 0 Å². The van der Waals surface area contributed by atoms with Crippen LogP contribution < -0.4 is 26.0 Å². The van der Waals surface area contributed by atoms with Gasteiger partial charge in [0.05, 0.1) is 16.8 Å². The second-order valence-corrected chi connectivity index (χ2v) is 15.2. The summed E-state index contributed by atoms with van der Waals surface area (Å²) in [7, 11) is 0. The summed E-state index contributed by atoms with van der Waals surface area (Å²) >= 11 is 0. The van der Waals surface area contributed by atoms with Gasteiger partial charge in [-0.25, -0.2) is 0 Å². The van der Waals surface area contributed by atoms with Crippen molar-refractivity contribution in [2.24, 2.45) is 35.5 Å². The number of nitrogens with zero attached hydrogens (tertiary/aromatic N) is 1. The third kappa shape index (κ3) is 5.50. The largest absolute Gasteiger partial charge is 0.491 e. The Bertz CT molecular complexity index is 1680. The molecule has 8 nitrogen and oxygen atoms in total. The van der Waals surface area contributed by atoms with E-state index in [0.29, 0.717) is 30.3 Å². The molecule has 8 heteroatoms. The van der Waals surface area contributed by atoms with Gasteiger partial charge in [0.15, 0.2) is 0 Å². The first-order valence-corrected chi connectivity index (χ1v) is 16.6. The van der Waals surface area contributed by atoms with Crippen LogP contribution in [-0.2, 0) is 15.1 Å². The minimum absolute atomic E-state index is 0.106. The molecule has 4 fully saturated rings. The number of rotatable bonds is 9. The van der Waals surface area contributed by atoms with Crippen molar-refractivity contribution in [1.82, 2.24) is 26.3 Å². The van der Waals surface area contributed by atoms with Crippen molar-refractivity contribution >= 4 is 22.6 Å². The molecule has 0 radical (unpaired) electrons. The number of carbonyl (C=O) groups excluding carboxylic acids is 2.